The Morgan fingerprint density at radius 1 is 0.933 bits per heavy atom. The summed E-state index contributed by atoms with van der Waals surface area (Å²) in [5, 5.41) is 10.1. The Morgan fingerprint density at radius 3 is 2.36 bits per heavy atom. The quantitative estimate of drug-likeness (QED) is 0.222. The number of carboxylic acid groups (broad SMARTS) is 1. The maximum atomic E-state index is 13.7. The van der Waals surface area contributed by atoms with Gasteiger partial charge in [0.15, 0.2) is 11.5 Å². The second-order valence-corrected chi connectivity index (χ2v) is 15.5. The number of hydrogen-bond donors (Lipinski definition) is 2. The molecule has 0 spiro atoms. The van der Waals surface area contributed by atoms with Crippen LogP contribution >= 0.6 is 0 Å². The van der Waals surface area contributed by atoms with E-state index in [0.29, 0.717) is 35.2 Å². The van der Waals surface area contributed by atoms with Gasteiger partial charge in [0.1, 0.15) is 5.75 Å². The molecule has 0 bridgehead atoms. The van der Waals surface area contributed by atoms with Crippen molar-refractivity contribution in [2.75, 3.05) is 25.8 Å². The van der Waals surface area contributed by atoms with Crippen molar-refractivity contribution in [2.24, 2.45) is 0 Å². The molecule has 0 saturated carbocycles. The van der Waals surface area contributed by atoms with E-state index in [1.54, 1.807) is 41.9 Å². The normalized spacial score (nSPS) is 13.3. The standard InChI is InChI=1S/C31H30N2O10S2/c1-4-7-19-16-21(31(35)36)13-14-25(19)43-29(20-12-15-26-27(17-20)42-18-41-26)30(34)32-45(39,40)44(37,38)28-11-6-8-22-23(28)9-5-10-24(22)33(2)3/h5-6,8-17,29H,4,7,18H2,1-3H3,(H,32,34)(H,35,36). The maximum absolute atomic E-state index is 13.7. The van der Waals surface area contributed by atoms with E-state index in [1.807, 2.05) is 6.92 Å². The smallest absolute Gasteiger partial charge is 0.345 e. The zero-order valence-electron chi connectivity index (χ0n) is 24.5. The maximum Gasteiger partial charge on any atom is 0.345 e. The molecule has 0 saturated heterocycles. The largest absolute Gasteiger partial charge is 0.478 e. The third-order valence-corrected chi connectivity index (χ3v) is 11.6. The Bertz CT molecular complexity index is 2030. The molecule has 1 aliphatic heterocycles. The summed E-state index contributed by atoms with van der Waals surface area (Å²) in [5.41, 5.74) is 1.25. The molecule has 12 nitrogen and oxygen atoms in total. The molecule has 0 fully saturated rings. The van der Waals surface area contributed by atoms with Crippen molar-refractivity contribution in [2.45, 2.75) is 30.8 Å². The molecule has 1 aliphatic rings. The fourth-order valence-corrected chi connectivity index (χ4v) is 8.10. The van der Waals surface area contributed by atoms with E-state index in [1.165, 1.54) is 48.5 Å². The minimum Gasteiger partial charge on any atom is -0.478 e. The number of carbonyl (C=O) groups is 2. The van der Waals surface area contributed by atoms with Gasteiger partial charge in [-0.15, -0.1) is 0 Å². The molecular formula is C31H30N2O10S2. The van der Waals surface area contributed by atoms with Crippen LogP contribution in [-0.4, -0.2) is 54.7 Å². The summed E-state index contributed by atoms with van der Waals surface area (Å²) in [7, 11) is -7.03. The first-order chi connectivity index (χ1) is 21.3. The highest BCUT2D eigenvalue weighted by Gasteiger charge is 2.38. The number of ether oxygens (including phenoxy) is 3. The highest BCUT2D eigenvalue weighted by atomic mass is 33.2. The first-order valence-corrected chi connectivity index (χ1v) is 17.3. The van der Waals surface area contributed by atoms with Crippen LogP contribution in [0.3, 0.4) is 0 Å². The second kappa shape index (κ2) is 12.3. The van der Waals surface area contributed by atoms with Gasteiger partial charge in [0.2, 0.25) is 12.9 Å². The first-order valence-electron chi connectivity index (χ1n) is 13.8. The molecule has 0 radical (unpaired) electrons. The fraction of sp³-hybridized carbons (Fsp3) is 0.226. The number of rotatable bonds is 11. The molecule has 0 aromatic heterocycles. The predicted molar refractivity (Wildman–Crippen MR) is 166 cm³/mol. The predicted octanol–water partition coefficient (Wildman–Crippen LogP) is 4.24. The highest BCUT2D eigenvalue weighted by molar-refractivity contribution is 8.66. The summed E-state index contributed by atoms with van der Waals surface area (Å²) >= 11 is 0. The molecule has 4 aromatic rings. The van der Waals surface area contributed by atoms with Crippen LogP contribution in [0, 0.1) is 0 Å². The number of benzene rings is 4. The first kappa shape index (κ1) is 31.6. The summed E-state index contributed by atoms with van der Waals surface area (Å²) < 4.78 is 72.8. The SMILES string of the molecule is CCCc1cc(C(=O)O)ccc1OC(C(=O)NS(=O)(=O)S(=O)(=O)c1cccc2c(N(C)C)cccc12)c1ccc2c(c1)OCO2. The van der Waals surface area contributed by atoms with Crippen molar-refractivity contribution in [1.82, 2.24) is 4.72 Å². The Labute approximate surface area is 259 Å². The molecule has 1 heterocycles. The topological polar surface area (TPSA) is 166 Å². The molecule has 14 heteroatoms. The van der Waals surface area contributed by atoms with Gasteiger partial charge in [-0.25, -0.2) is 17.9 Å². The number of amides is 1. The molecular weight excluding hydrogens is 624 g/mol. The lowest BCUT2D eigenvalue weighted by Gasteiger charge is -2.22. The fourth-order valence-electron chi connectivity index (χ4n) is 4.99. The van der Waals surface area contributed by atoms with Gasteiger partial charge in [-0.3, -0.25) is 4.79 Å². The van der Waals surface area contributed by atoms with Gasteiger partial charge in [-0.1, -0.05) is 43.7 Å². The van der Waals surface area contributed by atoms with Crippen molar-refractivity contribution >= 4 is 46.3 Å². The summed E-state index contributed by atoms with van der Waals surface area (Å²) in [5.74, 6) is -1.68. The van der Waals surface area contributed by atoms with Gasteiger partial charge >= 0.3 is 23.9 Å². The molecule has 5 rings (SSSR count). The minimum atomic E-state index is -5.39. The van der Waals surface area contributed by atoms with Crippen molar-refractivity contribution in [3.8, 4) is 17.2 Å². The number of fused-ring (bicyclic) bond motifs is 2. The number of hydrogen-bond acceptors (Lipinski definition) is 10. The summed E-state index contributed by atoms with van der Waals surface area (Å²) in [4.78, 5) is 26.6. The molecule has 1 atom stereocenters. The van der Waals surface area contributed by atoms with Crippen LogP contribution in [0.1, 0.15) is 40.9 Å². The van der Waals surface area contributed by atoms with Gasteiger partial charge in [0.25, 0.3) is 5.91 Å². The lowest BCUT2D eigenvalue weighted by atomic mass is 10.0. The summed E-state index contributed by atoms with van der Waals surface area (Å²) in [6.07, 6.45) is -0.703. The number of aryl methyl sites for hydroxylation is 1. The minimum absolute atomic E-state index is 0.00364. The molecule has 45 heavy (non-hydrogen) atoms. The lowest BCUT2D eigenvalue weighted by molar-refractivity contribution is -0.126. The van der Waals surface area contributed by atoms with E-state index in [2.05, 4.69) is 0 Å². The highest BCUT2D eigenvalue weighted by Crippen LogP contribution is 2.37. The zero-order valence-corrected chi connectivity index (χ0v) is 26.1. The average Bonchev–Trinajstić information content (AvgIpc) is 3.47. The van der Waals surface area contributed by atoms with Gasteiger partial charge in [-0.2, -0.15) is 8.42 Å². The molecule has 1 unspecified atom stereocenters. The Balaban J connectivity index is 1.55. The molecule has 0 aliphatic carbocycles. The van der Waals surface area contributed by atoms with E-state index in [9.17, 15) is 31.5 Å². The van der Waals surface area contributed by atoms with Crippen molar-refractivity contribution in [3.63, 3.8) is 0 Å². The number of nitrogens with one attached hydrogen (secondary N) is 1. The number of aromatic carboxylic acids is 1. The summed E-state index contributed by atoms with van der Waals surface area (Å²) in [6, 6.07) is 17.5. The zero-order chi connectivity index (χ0) is 32.5. The van der Waals surface area contributed by atoms with Crippen LogP contribution in [0.5, 0.6) is 17.2 Å². The van der Waals surface area contributed by atoms with E-state index in [4.69, 9.17) is 14.2 Å². The van der Waals surface area contributed by atoms with Crippen LogP contribution in [0.4, 0.5) is 5.69 Å². The van der Waals surface area contributed by atoms with E-state index < -0.39 is 40.8 Å². The molecule has 2 N–H and O–H groups in total. The van der Waals surface area contributed by atoms with E-state index in [0.717, 1.165) is 6.07 Å². The number of carboxylic acids is 1. The van der Waals surface area contributed by atoms with Gasteiger partial charge in [-0.05, 0) is 54.4 Å². The third-order valence-electron chi connectivity index (χ3n) is 7.13. The lowest BCUT2D eigenvalue weighted by Crippen LogP contribution is -2.40. The van der Waals surface area contributed by atoms with Crippen molar-refractivity contribution < 1.29 is 45.7 Å². The third kappa shape index (κ3) is 6.11. The monoisotopic (exact) mass is 654 g/mol. The van der Waals surface area contributed by atoms with E-state index >= 15 is 0 Å². The Morgan fingerprint density at radius 2 is 1.64 bits per heavy atom. The Kier molecular flexibility index (Phi) is 8.63. The number of carbonyl (C=O) groups excluding carboxylic acids is 1. The number of anilines is 1. The molecule has 236 valence electrons. The summed E-state index contributed by atoms with van der Waals surface area (Å²) in [6.45, 7) is 1.80. The Hall–Kier alpha value is -4.82. The van der Waals surface area contributed by atoms with Crippen LogP contribution in [0.25, 0.3) is 10.8 Å². The second-order valence-electron chi connectivity index (χ2n) is 10.4. The van der Waals surface area contributed by atoms with Crippen molar-refractivity contribution in [3.05, 3.63) is 89.5 Å². The number of nitrogens with zero attached hydrogens (tertiary/aromatic N) is 1. The van der Waals surface area contributed by atoms with Gasteiger partial charge in [0, 0.05) is 36.1 Å². The van der Waals surface area contributed by atoms with Gasteiger partial charge in [0.05, 0.1) is 10.5 Å². The van der Waals surface area contributed by atoms with Crippen molar-refractivity contribution in [1.29, 1.82) is 0 Å². The van der Waals surface area contributed by atoms with Gasteiger partial charge < -0.3 is 24.2 Å². The molecule has 1 amide bonds. The molecule has 4 aromatic carbocycles. The average molecular weight is 655 g/mol. The van der Waals surface area contributed by atoms with Crippen LogP contribution < -0.4 is 23.8 Å². The van der Waals surface area contributed by atoms with Crippen LogP contribution in [0.15, 0.2) is 77.7 Å². The van der Waals surface area contributed by atoms with Crippen LogP contribution in [0.2, 0.25) is 0 Å². The van der Waals surface area contributed by atoms with E-state index in [-0.39, 0.29) is 34.8 Å². The van der Waals surface area contributed by atoms with Crippen LogP contribution in [-0.2, 0) is 29.1 Å².